The Morgan fingerprint density at radius 2 is 2.08 bits per heavy atom. The van der Waals surface area contributed by atoms with Gasteiger partial charge in [-0.2, -0.15) is 0 Å². The number of benzene rings is 1. The summed E-state index contributed by atoms with van der Waals surface area (Å²) in [5.41, 5.74) is 7.19. The van der Waals surface area contributed by atoms with E-state index in [0.29, 0.717) is 30.1 Å². The maximum atomic E-state index is 12.5. The van der Waals surface area contributed by atoms with Gasteiger partial charge in [0.1, 0.15) is 0 Å². The van der Waals surface area contributed by atoms with E-state index in [4.69, 9.17) is 5.73 Å². The van der Waals surface area contributed by atoms with Crippen LogP contribution in [0, 0.1) is 5.92 Å². The second-order valence-electron chi connectivity index (χ2n) is 6.52. The lowest BCUT2D eigenvalue weighted by Crippen LogP contribution is -2.39. The van der Waals surface area contributed by atoms with Crippen LogP contribution in [-0.2, 0) is 21.2 Å². The summed E-state index contributed by atoms with van der Waals surface area (Å²) in [6.45, 7) is 0.394. The molecule has 2 amide bonds. The van der Waals surface area contributed by atoms with Crippen LogP contribution < -0.4 is 15.4 Å². The average molecular weight is 351 g/mol. The van der Waals surface area contributed by atoms with Gasteiger partial charge >= 0.3 is 0 Å². The van der Waals surface area contributed by atoms with Crippen LogP contribution in [0.1, 0.15) is 35.2 Å². The molecule has 8 heteroatoms. The Hall–Kier alpha value is -2.09. The highest BCUT2D eigenvalue weighted by Crippen LogP contribution is 2.34. The number of hydrogen-bond acceptors (Lipinski definition) is 4. The molecule has 3 rings (SSSR count). The number of amides is 2. The number of fused-ring (bicyclic) bond motifs is 1. The van der Waals surface area contributed by atoms with Crippen LogP contribution in [0.15, 0.2) is 18.2 Å². The summed E-state index contributed by atoms with van der Waals surface area (Å²) < 4.78 is 24.8. The molecule has 7 nitrogen and oxygen atoms in total. The van der Waals surface area contributed by atoms with E-state index in [0.717, 1.165) is 18.4 Å². The molecule has 0 unspecified atom stereocenters. The molecule has 24 heavy (non-hydrogen) atoms. The normalized spacial score (nSPS) is 18.1. The fourth-order valence-electron chi connectivity index (χ4n) is 3.16. The molecule has 1 atom stereocenters. The van der Waals surface area contributed by atoms with Crippen molar-refractivity contribution in [3.63, 3.8) is 0 Å². The summed E-state index contributed by atoms with van der Waals surface area (Å²) >= 11 is 0. The summed E-state index contributed by atoms with van der Waals surface area (Å²) in [4.78, 5) is 23.6. The average Bonchev–Trinajstić information content (AvgIpc) is 3.23. The van der Waals surface area contributed by atoms with Crippen molar-refractivity contribution in [1.82, 2.24) is 5.32 Å². The molecule has 1 aromatic carbocycles. The van der Waals surface area contributed by atoms with E-state index in [-0.39, 0.29) is 18.4 Å². The molecule has 0 aromatic heterocycles. The third kappa shape index (κ3) is 3.53. The quantitative estimate of drug-likeness (QED) is 0.772. The Labute approximate surface area is 141 Å². The maximum Gasteiger partial charge on any atom is 0.251 e. The smallest absolute Gasteiger partial charge is 0.251 e. The first-order valence-electron chi connectivity index (χ1n) is 7.95. The monoisotopic (exact) mass is 351 g/mol. The van der Waals surface area contributed by atoms with E-state index in [1.54, 1.807) is 18.2 Å². The van der Waals surface area contributed by atoms with E-state index in [9.17, 15) is 18.0 Å². The van der Waals surface area contributed by atoms with Gasteiger partial charge in [-0.05, 0) is 48.9 Å². The number of nitrogens with one attached hydrogen (secondary N) is 1. The molecule has 130 valence electrons. The second kappa shape index (κ2) is 6.08. The predicted molar refractivity (Wildman–Crippen MR) is 90.1 cm³/mol. The largest absolute Gasteiger partial charge is 0.370 e. The Morgan fingerprint density at radius 1 is 1.38 bits per heavy atom. The zero-order chi connectivity index (χ0) is 17.5. The van der Waals surface area contributed by atoms with E-state index < -0.39 is 15.9 Å². The van der Waals surface area contributed by atoms with Crippen molar-refractivity contribution in [3.8, 4) is 0 Å². The maximum absolute atomic E-state index is 12.5. The van der Waals surface area contributed by atoms with Crippen LogP contribution in [0.25, 0.3) is 0 Å². The molecule has 1 aliphatic carbocycles. The number of carbonyl (C=O) groups excluding carboxylic acids is 2. The highest BCUT2D eigenvalue weighted by atomic mass is 32.2. The number of carbonyl (C=O) groups is 2. The highest BCUT2D eigenvalue weighted by molar-refractivity contribution is 7.92. The van der Waals surface area contributed by atoms with Crippen LogP contribution in [-0.4, -0.2) is 39.1 Å². The first-order valence-corrected chi connectivity index (χ1v) is 9.80. The number of anilines is 1. The van der Waals surface area contributed by atoms with Gasteiger partial charge in [0.05, 0.1) is 11.9 Å². The Balaban J connectivity index is 1.76. The van der Waals surface area contributed by atoms with Crippen molar-refractivity contribution in [2.75, 3.05) is 17.1 Å². The number of rotatable bonds is 6. The third-order valence-corrected chi connectivity index (χ3v) is 5.70. The Bertz CT molecular complexity index is 787. The molecule has 0 saturated heterocycles. The van der Waals surface area contributed by atoms with Crippen LogP contribution in [0.2, 0.25) is 0 Å². The van der Waals surface area contributed by atoms with Crippen molar-refractivity contribution >= 4 is 27.5 Å². The molecule has 3 N–H and O–H groups in total. The molecular weight excluding hydrogens is 330 g/mol. The minimum atomic E-state index is -3.30. The lowest BCUT2D eigenvalue weighted by atomic mass is 10.1. The topological polar surface area (TPSA) is 110 Å². The van der Waals surface area contributed by atoms with Crippen molar-refractivity contribution < 1.29 is 18.0 Å². The van der Waals surface area contributed by atoms with Gasteiger partial charge in [0.2, 0.25) is 15.9 Å². The summed E-state index contributed by atoms with van der Waals surface area (Å²) in [6, 6.07) is 4.78. The van der Waals surface area contributed by atoms with E-state index in [2.05, 4.69) is 5.32 Å². The molecule has 2 aliphatic rings. The van der Waals surface area contributed by atoms with Crippen LogP contribution in [0.3, 0.4) is 0 Å². The van der Waals surface area contributed by atoms with E-state index in [1.807, 2.05) is 0 Å². The summed E-state index contributed by atoms with van der Waals surface area (Å²) in [5.74, 6) is -0.365. The fourth-order valence-corrected chi connectivity index (χ4v) is 4.12. The first kappa shape index (κ1) is 16.8. The van der Waals surface area contributed by atoms with Gasteiger partial charge < -0.3 is 11.1 Å². The molecule has 1 saturated carbocycles. The second-order valence-corrected chi connectivity index (χ2v) is 8.42. The predicted octanol–water partition coefficient (Wildman–Crippen LogP) is 0.392. The molecule has 1 fully saturated rings. The van der Waals surface area contributed by atoms with Gasteiger partial charge in [-0.3, -0.25) is 13.9 Å². The molecule has 0 bridgehead atoms. The van der Waals surface area contributed by atoms with Crippen LogP contribution >= 0.6 is 0 Å². The van der Waals surface area contributed by atoms with Gasteiger partial charge in [-0.1, -0.05) is 0 Å². The summed E-state index contributed by atoms with van der Waals surface area (Å²) in [6.07, 6.45) is 3.88. The van der Waals surface area contributed by atoms with Gasteiger partial charge in [-0.15, -0.1) is 0 Å². The lowest BCUT2D eigenvalue weighted by Gasteiger charge is -2.18. The number of sulfonamides is 1. The number of primary amides is 1. The number of hydrogen-bond donors (Lipinski definition) is 2. The number of nitrogens with zero attached hydrogens (tertiary/aromatic N) is 1. The van der Waals surface area contributed by atoms with Crippen molar-refractivity contribution in [2.45, 2.75) is 31.7 Å². The lowest BCUT2D eigenvalue weighted by molar-refractivity contribution is -0.118. The van der Waals surface area contributed by atoms with Gasteiger partial charge in [0.15, 0.2) is 0 Å². The van der Waals surface area contributed by atoms with E-state index >= 15 is 0 Å². The SMILES string of the molecule is CS(=O)(=O)N1CCc2cc(C(=O)N[C@@H](CC(N)=O)C3CC3)ccc21. The molecule has 1 heterocycles. The molecule has 0 radical (unpaired) electrons. The first-order chi connectivity index (χ1) is 11.3. The Kier molecular flexibility index (Phi) is 4.25. The van der Waals surface area contributed by atoms with Crippen molar-refractivity contribution in [2.24, 2.45) is 11.7 Å². The van der Waals surface area contributed by atoms with Gasteiger partial charge in [0, 0.05) is 24.6 Å². The molecule has 1 aromatic rings. The highest BCUT2D eigenvalue weighted by Gasteiger charge is 2.34. The van der Waals surface area contributed by atoms with Gasteiger partial charge in [0.25, 0.3) is 5.91 Å². The summed E-state index contributed by atoms with van der Waals surface area (Å²) in [5, 5.41) is 2.89. The van der Waals surface area contributed by atoms with Crippen LogP contribution in [0.4, 0.5) is 5.69 Å². The van der Waals surface area contributed by atoms with Crippen molar-refractivity contribution in [3.05, 3.63) is 29.3 Å². The molecule has 0 spiro atoms. The third-order valence-electron chi connectivity index (χ3n) is 4.52. The summed E-state index contributed by atoms with van der Waals surface area (Å²) in [7, 11) is -3.30. The minimum Gasteiger partial charge on any atom is -0.370 e. The van der Waals surface area contributed by atoms with Crippen molar-refractivity contribution in [1.29, 1.82) is 0 Å². The van der Waals surface area contributed by atoms with Crippen LogP contribution in [0.5, 0.6) is 0 Å². The zero-order valence-electron chi connectivity index (χ0n) is 13.5. The van der Waals surface area contributed by atoms with E-state index in [1.165, 1.54) is 10.6 Å². The fraction of sp³-hybridized carbons (Fsp3) is 0.500. The Morgan fingerprint density at radius 3 is 2.67 bits per heavy atom. The standard InChI is InChI=1S/C16H21N3O4S/c1-24(22,23)19-7-6-11-8-12(4-5-14(11)19)16(21)18-13(9-15(17)20)10-2-3-10/h4-5,8,10,13H,2-3,6-7,9H2,1H3,(H2,17,20)(H,18,21)/t13-/m0/s1. The molecule has 1 aliphatic heterocycles. The zero-order valence-corrected chi connectivity index (χ0v) is 14.3. The number of nitrogens with two attached hydrogens (primary N) is 1. The molecular formula is C16H21N3O4S. The van der Waals surface area contributed by atoms with Gasteiger partial charge in [-0.25, -0.2) is 8.42 Å². The minimum absolute atomic E-state index is 0.142.